The predicted molar refractivity (Wildman–Crippen MR) is 91.9 cm³/mol. The summed E-state index contributed by atoms with van der Waals surface area (Å²) in [6.45, 7) is 0.891. The molecule has 0 aliphatic heterocycles. The molecule has 0 bridgehead atoms. The number of hydrogen-bond donors (Lipinski definition) is 1. The minimum Gasteiger partial charge on any atom is -0.465 e. The predicted octanol–water partition coefficient (Wildman–Crippen LogP) is 4.52. The molecule has 2 fully saturated rings. The van der Waals surface area contributed by atoms with Crippen LogP contribution in [0.25, 0.3) is 6.08 Å². The third kappa shape index (κ3) is 4.27. The first-order chi connectivity index (χ1) is 11.3. The van der Waals surface area contributed by atoms with Crippen LogP contribution in [0.3, 0.4) is 0 Å². The Hall–Kier alpha value is -1.06. The monoisotopic (exact) mass is 318 g/mol. The quantitative estimate of drug-likeness (QED) is 0.716. The van der Waals surface area contributed by atoms with E-state index in [9.17, 15) is 5.11 Å². The second-order valence-electron chi connectivity index (χ2n) is 7.36. The van der Waals surface area contributed by atoms with Crippen LogP contribution in [0.15, 0.2) is 28.9 Å². The van der Waals surface area contributed by atoms with Gasteiger partial charge >= 0.3 is 0 Å². The van der Waals surface area contributed by atoms with E-state index in [1.807, 2.05) is 18.2 Å². The maximum Gasteiger partial charge on any atom is 0.126 e. The number of ether oxygens (including phenoxy) is 1. The van der Waals surface area contributed by atoms with Gasteiger partial charge in [0.25, 0.3) is 0 Å². The molecule has 128 valence electrons. The summed E-state index contributed by atoms with van der Waals surface area (Å²) in [7, 11) is 1.78. The molecular formula is C20H30O3. The molecule has 2 aliphatic rings. The molecule has 5 atom stereocenters. The zero-order valence-corrected chi connectivity index (χ0v) is 14.2. The van der Waals surface area contributed by atoms with Gasteiger partial charge in [0.15, 0.2) is 0 Å². The van der Waals surface area contributed by atoms with E-state index < -0.39 is 0 Å². The van der Waals surface area contributed by atoms with Crippen LogP contribution in [-0.4, -0.2) is 24.9 Å². The van der Waals surface area contributed by atoms with E-state index in [1.54, 1.807) is 13.4 Å². The fourth-order valence-electron chi connectivity index (χ4n) is 4.73. The van der Waals surface area contributed by atoms with Crippen LogP contribution in [0.4, 0.5) is 0 Å². The van der Waals surface area contributed by atoms with Gasteiger partial charge in [0, 0.05) is 19.6 Å². The van der Waals surface area contributed by atoms with E-state index in [1.165, 1.54) is 38.5 Å². The van der Waals surface area contributed by atoms with Gasteiger partial charge in [-0.3, -0.25) is 0 Å². The zero-order valence-electron chi connectivity index (χ0n) is 14.2. The minimum absolute atomic E-state index is 0.168. The van der Waals surface area contributed by atoms with Gasteiger partial charge in [-0.15, -0.1) is 0 Å². The second-order valence-corrected chi connectivity index (χ2v) is 7.36. The van der Waals surface area contributed by atoms with E-state index in [4.69, 9.17) is 9.15 Å². The third-order valence-corrected chi connectivity index (χ3v) is 5.82. The molecule has 3 nitrogen and oxygen atoms in total. The maximum absolute atomic E-state index is 10.4. The van der Waals surface area contributed by atoms with Crippen molar-refractivity contribution in [3.05, 3.63) is 30.2 Å². The van der Waals surface area contributed by atoms with Crippen molar-refractivity contribution in [1.82, 2.24) is 0 Å². The SMILES string of the molecule is COCCCCCC1C[C@H]2C[C@@H](O)[C@H](/C=C/c3ccco3)[C@H]2C1. The molecular weight excluding hydrogens is 288 g/mol. The zero-order chi connectivity index (χ0) is 16.1. The Balaban J connectivity index is 1.48. The Kier molecular flexibility index (Phi) is 5.96. The number of aliphatic hydroxyl groups excluding tert-OH is 1. The van der Waals surface area contributed by atoms with Gasteiger partial charge in [0.1, 0.15) is 5.76 Å². The van der Waals surface area contributed by atoms with Gasteiger partial charge in [0.05, 0.1) is 12.4 Å². The summed E-state index contributed by atoms with van der Waals surface area (Å²) < 4.78 is 10.5. The Labute approximate surface area is 139 Å². The molecule has 0 spiro atoms. The first-order valence-electron chi connectivity index (χ1n) is 9.16. The lowest BCUT2D eigenvalue weighted by atomic mass is 9.89. The van der Waals surface area contributed by atoms with Crippen LogP contribution >= 0.6 is 0 Å². The Morgan fingerprint density at radius 2 is 2.17 bits per heavy atom. The third-order valence-electron chi connectivity index (χ3n) is 5.82. The Morgan fingerprint density at radius 3 is 2.96 bits per heavy atom. The van der Waals surface area contributed by atoms with Gasteiger partial charge in [-0.25, -0.2) is 0 Å². The number of rotatable bonds is 8. The fraction of sp³-hybridized carbons (Fsp3) is 0.700. The average molecular weight is 318 g/mol. The van der Waals surface area contributed by atoms with Gasteiger partial charge in [-0.05, 0) is 61.6 Å². The van der Waals surface area contributed by atoms with E-state index >= 15 is 0 Å². The van der Waals surface area contributed by atoms with Crippen LogP contribution in [0.1, 0.15) is 50.7 Å². The molecule has 1 N–H and O–H groups in total. The summed E-state index contributed by atoms with van der Waals surface area (Å²) in [6, 6.07) is 3.87. The highest BCUT2D eigenvalue weighted by Crippen LogP contribution is 2.51. The number of furan rings is 1. The van der Waals surface area contributed by atoms with Crippen molar-refractivity contribution in [3.63, 3.8) is 0 Å². The molecule has 3 rings (SSSR count). The van der Waals surface area contributed by atoms with Crippen molar-refractivity contribution in [1.29, 1.82) is 0 Å². The summed E-state index contributed by atoms with van der Waals surface area (Å²) in [4.78, 5) is 0. The summed E-state index contributed by atoms with van der Waals surface area (Å²) in [5.74, 6) is 3.44. The van der Waals surface area contributed by atoms with E-state index in [0.29, 0.717) is 11.8 Å². The minimum atomic E-state index is -0.168. The van der Waals surface area contributed by atoms with Crippen molar-refractivity contribution in [3.8, 4) is 0 Å². The molecule has 2 saturated carbocycles. The van der Waals surface area contributed by atoms with Crippen LogP contribution < -0.4 is 0 Å². The number of methoxy groups -OCH3 is 1. The summed E-state index contributed by atoms with van der Waals surface area (Å²) in [5, 5.41) is 10.4. The largest absolute Gasteiger partial charge is 0.465 e. The van der Waals surface area contributed by atoms with Gasteiger partial charge < -0.3 is 14.3 Å². The molecule has 0 radical (unpaired) electrons. The summed E-state index contributed by atoms with van der Waals surface area (Å²) in [6.07, 6.45) is 14.5. The van der Waals surface area contributed by atoms with Crippen LogP contribution in [0.2, 0.25) is 0 Å². The van der Waals surface area contributed by atoms with Crippen molar-refractivity contribution < 1.29 is 14.3 Å². The highest BCUT2D eigenvalue weighted by molar-refractivity contribution is 5.43. The van der Waals surface area contributed by atoms with E-state index in [-0.39, 0.29) is 6.10 Å². The van der Waals surface area contributed by atoms with Crippen molar-refractivity contribution in [2.75, 3.05) is 13.7 Å². The number of hydrogen-bond acceptors (Lipinski definition) is 3. The molecule has 1 unspecified atom stereocenters. The van der Waals surface area contributed by atoms with Crippen molar-refractivity contribution in [2.24, 2.45) is 23.7 Å². The van der Waals surface area contributed by atoms with Crippen LogP contribution in [0.5, 0.6) is 0 Å². The molecule has 1 aromatic rings. The molecule has 1 heterocycles. The Bertz CT molecular complexity index is 479. The van der Waals surface area contributed by atoms with Gasteiger partial charge in [-0.2, -0.15) is 0 Å². The molecule has 2 aliphatic carbocycles. The van der Waals surface area contributed by atoms with E-state index in [2.05, 4.69) is 6.08 Å². The Morgan fingerprint density at radius 1 is 1.26 bits per heavy atom. The highest BCUT2D eigenvalue weighted by Gasteiger charge is 2.46. The first-order valence-corrected chi connectivity index (χ1v) is 9.16. The fourth-order valence-corrected chi connectivity index (χ4v) is 4.73. The molecule has 1 aromatic heterocycles. The molecule has 0 amide bonds. The standard InChI is InChI=1S/C20H30O3/c1-22-10-4-2-3-6-15-12-16-14-20(21)18(19(16)13-15)9-8-17-7-5-11-23-17/h5,7-9,11,15-16,18-21H,2-4,6,10,12-14H2,1H3/b9-8+/t15?,16-,18+,19-,20+/m0/s1. The second kappa shape index (κ2) is 8.16. The topological polar surface area (TPSA) is 42.6 Å². The van der Waals surface area contributed by atoms with Gasteiger partial charge in [0.2, 0.25) is 0 Å². The summed E-state index contributed by atoms with van der Waals surface area (Å²) in [5.41, 5.74) is 0. The molecule has 3 heteroatoms. The molecule has 0 aromatic carbocycles. The van der Waals surface area contributed by atoms with Gasteiger partial charge in [-0.1, -0.05) is 25.3 Å². The lowest BCUT2D eigenvalue weighted by Crippen LogP contribution is -2.17. The normalized spacial score (nSPS) is 33.6. The van der Waals surface area contributed by atoms with Crippen molar-refractivity contribution >= 4 is 6.08 Å². The van der Waals surface area contributed by atoms with Crippen LogP contribution in [0, 0.1) is 23.7 Å². The number of aliphatic hydroxyl groups is 1. The summed E-state index contributed by atoms with van der Waals surface area (Å²) >= 11 is 0. The molecule has 23 heavy (non-hydrogen) atoms. The lowest BCUT2D eigenvalue weighted by molar-refractivity contribution is 0.135. The number of unbranched alkanes of at least 4 members (excludes halogenated alkanes) is 2. The highest BCUT2D eigenvalue weighted by atomic mass is 16.5. The smallest absolute Gasteiger partial charge is 0.126 e. The maximum atomic E-state index is 10.4. The lowest BCUT2D eigenvalue weighted by Gasteiger charge is -2.18. The average Bonchev–Trinajstić information content (AvgIpc) is 3.22. The van der Waals surface area contributed by atoms with E-state index in [0.717, 1.165) is 30.6 Å². The number of fused-ring (bicyclic) bond motifs is 1. The first kappa shape index (κ1) is 16.8. The van der Waals surface area contributed by atoms with Crippen LogP contribution in [-0.2, 0) is 4.74 Å². The van der Waals surface area contributed by atoms with Crippen molar-refractivity contribution in [2.45, 2.75) is 51.0 Å². The molecule has 0 saturated heterocycles.